The first-order valence-corrected chi connectivity index (χ1v) is 11.2. The van der Waals surface area contributed by atoms with E-state index in [0.29, 0.717) is 22.5 Å². The number of nitrogens with one attached hydrogen (secondary N) is 2. The van der Waals surface area contributed by atoms with E-state index in [0.717, 1.165) is 23.4 Å². The molecule has 0 saturated heterocycles. The van der Waals surface area contributed by atoms with Crippen molar-refractivity contribution < 1.29 is 4.39 Å². The van der Waals surface area contributed by atoms with E-state index in [1.54, 1.807) is 0 Å². The highest BCUT2D eigenvalue weighted by molar-refractivity contribution is 5.97. The highest BCUT2D eigenvalue weighted by Gasteiger charge is 2.35. The molecule has 4 aromatic rings. The number of rotatable bonds is 5. The van der Waals surface area contributed by atoms with Crippen molar-refractivity contribution in [1.29, 1.82) is 0 Å². The third-order valence-electron chi connectivity index (χ3n) is 6.63. The molecule has 0 fully saturated rings. The minimum absolute atomic E-state index is 0.151. The molecule has 0 spiro atoms. The first-order valence-electron chi connectivity index (χ1n) is 11.2. The fourth-order valence-corrected chi connectivity index (χ4v) is 4.62. The molecule has 2 atom stereocenters. The van der Waals surface area contributed by atoms with Gasteiger partial charge in [-0.25, -0.2) is 9.49 Å². The molecular weight excluding hydrogens is 415 g/mol. The Morgan fingerprint density at radius 3 is 2.45 bits per heavy atom. The average molecular weight is 443 g/mol. The predicted octanol–water partition coefficient (Wildman–Crippen LogP) is 5.20. The van der Waals surface area contributed by atoms with Gasteiger partial charge in [0.15, 0.2) is 0 Å². The second-order valence-electron chi connectivity index (χ2n) is 9.07. The van der Waals surface area contributed by atoms with Gasteiger partial charge in [0.05, 0.1) is 23.0 Å². The molecule has 33 heavy (non-hydrogen) atoms. The van der Waals surface area contributed by atoms with Gasteiger partial charge < -0.3 is 5.32 Å². The molecule has 2 heterocycles. The molecule has 0 aliphatic carbocycles. The van der Waals surface area contributed by atoms with Crippen LogP contribution in [0.2, 0.25) is 0 Å². The maximum Gasteiger partial charge on any atom is 0.272 e. The van der Waals surface area contributed by atoms with E-state index in [9.17, 15) is 9.18 Å². The highest BCUT2D eigenvalue weighted by Crippen LogP contribution is 2.46. The number of hydrogen-bond acceptors (Lipinski definition) is 4. The van der Waals surface area contributed by atoms with E-state index in [-0.39, 0.29) is 17.5 Å². The molecule has 0 bridgehead atoms. The van der Waals surface area contributed by atoms with Gasteiger partial charge in [-0.3, -0.25) is 9.69 Å². The molecule has 0 radical (unpaired) electrons. The summed E-state index contributed by atoms with van der Waals surface area (Å²) >= 11 is 0. The van der Waals surface area contributed by atoms with Crippen LogP contribution in [0.5, 0.6) is 0 Å². The number of aromatic nitrogens is 2. The molecule has 0 unspecified atom stereocenters. The van der Waals surface area contributed by atoms with Crippen molar-refractivity contribution in [2.24, 2.45) is 0 Å². The van der Waals surface area contributed by atoms with Gasteiger partial charge in [0.2, 0.25) is 0 Å². The molecule has 1 aliphatic rings. The summed E-state index contributed by atoms with van der Waals surface area (Å²) in [6.07, 6.45) is 0. The van der Waals surface area contributed by atoms with Crippen LogP contribution in [0.4, 0.5) is 10.1 Å². The van der Waals surface area contributed by atoms with Crippen LogP contribution in [0.1, 0.15) is 48.2 Å². The van der Waals surface area contributed by atoms with Crippen molar-refractivity contribution in [2.45, 2.75) is 38.4 Å². The zero-order valence-electron chi connectivity index (χ0n) is 19.0. The van der Waals surface area contributed by atoms with Crippen molar-refractivity contribution >= 4 is 16.5 Å². The second kappa shape index (κ2) is 8.45. The fourth-order valence-electron chi connectivity index (χ4n) is 4.62. The normalized spacial score (nSPS) is 17.5. The summed E-state index contributed by atoms with van der Waals surface area (Å²) in [7, 11) is 2.12. The highest BCUT2D eigenvalue weighted by atomic mass is 19.1. The number of nitrogens with zero attached hydrogens (tertiary/aromatic N) is 2. The van der Waals surface area contributed by atoms with Crippen LogP contribution in [-0.4, -0.2) is 28.2 Å². The van der Waals surface area contributed by atoms with Crippen LogP contribution in [0.3, 0.4) is 0 Å². The summed E-state index contributed by atoms with van der Waals surface area (Å²) in [6, 6.07) is 21.7. The van der Waals surface area contributed by atoms with Crippen LogP contribution in [-0.2, 0) is 6.54 Å². The van der Waals surface area contributed by atoms with Gasteiger partial charge in [0.1, 0.15) is 5.82 Å². The number of hydrogen-bond donors (Lipinski definition) is 2. The lowest BCUT2D eigenvalue weighted by molar-refractivity contribution is 0.266. The summed E-state index contributed by atoms with van der Waals surface area (Å²) in [5.41, 5.74) is 4.35. The first-order chi connectivity index (χ1) is 15.9. The number of benzene rings is 3. The zero-order chi connectivity index (χ0) is 23.1. The van der Waals surface area contributed by atoms with Crippen molar-refractivity contribution in [2.75, 3.05) is 12.4 Å². The average Bonchev–Trinajstić information content (AvgIpc) is 2.81. The summed E-state index contributed by atoms with van der Waals surface area (Å²) < 4.78 is 14.4. The maximum atomic E-state index is 14.4. The molecular formula is C27H27FN4O. The molecule has 0 amide bonds. The van der Waals surface area contributed by atoms with Gasteiger partial charge >= 0.3 is 0 Å². The van der Waals surface area contributed by atoms with Crippen molar-refractivity contribution in [3.8, 4) is 0 Å². The Morgan fingerprint density at radius 1 is 1.03 bits per heavy atom. The van der Waals surface area contributed by atoms with E-state index in [1.165, 1.54) is 17.7 Å². The number of anilines is 1. The quantitative estimate of drug-likeness (QED) is 0.446. The SMILES string of the molecule is CC(C)N(C)Cc1ccc([C@H]2c3n[nH]c(=O)c4cc(F)cc(c34)N[C@@H]2c2ccccc2)cc1. The third-order valence-corrected chi connectivity index (χ3v) is 6.63. The van der Waals surface area contributed by atoms with Crippen LogP contribution < -0.4 is 10.9 Å². The summed E-state index contributed by atoms with van der Waals surface area (Å²) in [6.45, 7) is 5.23. The molecule has 5 rings (SSSR count). The maximum absolute atomic E-state index is 14.4. The number of H-pyrrole nitrogens is 1. The number of aromatic amines is 1. The van der Waals surface area contributed by atoms with Crippen molar-refractivity contribution in [1.82, 2.24) is 15.1 Å². The standard InChI is InChI=1S/C27H27FN4O/c1-16(2)32(3)15-17-9-11-18(12-10-17)23-25(19-7-5-4-6-8-19)29-22-14-20(28)13-21-24(22)26(23)30-31-27(21)33/h4-14,16,23,25,29H,15H2,1-3H3,(H,31,33)/t23-,25-/m1/s1. The lowest BCUT2D eigenvalue weighted by atomic mass is 9.80. The van der Waals surface area contributed by atoms with Crippen LogP contribution in [0.15, 0.2) is 71.5 Å². The van der Waals surface area contributed by atoms with Gasteiger partial charge in [-0.1, -0.05) is 54.6 Å². The largest absolute Gasteiger partial charge is 0.377 e. The first kappa shape index (κ1) is 21.3. The summed E-state index contributed by atoms with van der Waals surface area (Å²) in [4.78, 5) is 14.7. The summed E-state index contributed by atoms with van der Waals surface area (Å²) in [5.74, 6) is -0.599. The van der Waals surface area contributed by atoms with E-state index in [2.05, 4.69) is 77.7 Å². The smallest absolute Gasteiger partial charge is 0.272 e. The molecule has 5 nitrogen and oxygen atoms in total. The van der Waals surface area contributed by atoms with Gasteiger partial charge in [-0.05, 0) is 49.7 Å². The Bertz CT molecular complexity index is 1350. The molecule has 2 N–H and O–H groups in total. The van der Waals surface area contributed by atoms with Gasteiger partial charge in [0, 0.05) is 23.7 Å². The zero-order valence-corrected chi connectivity index (χ0v) is 19.0. The van der Waals surface area contributed by atoms with E-state index in [4.69, 9.17) is 0 Å². The predicted molar refractivity (Wildman–Crippen MR) is 130 cm³/mol. The Morgan fingerprint density at radius 2 is 1.76 bits per heavy atom. The number of halogens is 1. The molecule has 168 valence electrons. The van der Waals surface area contributed by atoms with Gasteiger partial charge in [-0.2, -0.15) is 5.10 Å². The van der Waals surface area contributed by atoms with Crippen LogP contribution in [0, 0.1) is 5.82 Å². The van der Waals surface area contributed by atoms with Crippen LogP contribution in [0.25, 0.3) is 10.8 Å². The minimum Gasteiger partial charge on any atom is -0.377 e. The fraction of sp³-hybridized carbons (Fsp3) is 0.259. The summed E-state index contributed by atoms with van der Waals surface area (Å²) in [5, 5.41) is 11.6. The Kier molecular flexibility index (Phi) is 5.46. The van der Waals surface area contributed by atoms with Crippen molar-refractivity contribution in [3.63, 3.8) is 0 Å². The van der Waals surface area contributed by atoms with E-state index < -0.39 is 5.82 Å². The van der Waals surface area contributed by atoms with Gasteiger partial charge in [-0.15, -0.1) is 0 Å². The molecule has 0 saturated carbocycles. The molecule has 1 aliphatic heterocycles. The Labute approximate surface area is 192 Å². The van der Waals surface area contributed by atoms with E-state index >= 15 is 0 Å². The molecule has 3 aromatic carbocycles. The molecule has 6 heteroatoms. The minimum atomic E-state index is -0.448. The van der Waals surface area contributed by atoms with E-state index in [1.807, 2.05) is 18.2 Å². The lowest BCUT2D eigenvalue weighted by Gasteiger charge is -2.35. The molecule has 1 aromatic heterocycles. The third kappa shape index (κ3) is 3.91. The lowest BCUT2D eigenvalue weighted by Crippen LogP contribution is -2.28. The Hall–Kier alpha value is -3.51. The van der Waals surface area contributed by atoms with Crippen LogP contribution >= 0.6 is 0 Å². The van der Waals surface area contributed by atoms with Crippen molar-refractivity contribution in [3.05, 3.63) is 105 Å². The van der Waals surface area contributed by atoms with Gasteiger partial charge in [0.25, 0.3) is 5.56 Å². The Balaban J connectivity index is 1.65. The topological polar surface area (TPSA) is 61.0 Å². The second-order valence-corrected chi connectivity index (χ2v) is 9.07. The monoisotopic (exact) mass is 442 g/mol.